The maximum Gasteiger partial charge on any atom is 0.170 e. The van der Waals surface area contributed by atoms with E-state index in [9.17, 15) is 4.79 Å². The van der Waals surface area contributed by atoms with Crippen LogP contribution < -0.4 is 0 Å². The molecular weight excluding hydrogens is 234 g/mol. The molecule has 1 aliphatic rings. The highest BCUT2D eigenvalue weighted by Gasteiger charge is 2.27. The number of aryl methyl sites for hydroxylation is 1. The Labute approximate surface area is 112 Å². The van der Waals surface area contributed by atoms with Crippen molar-refractivity contribution in [3.05, 3.63) is 70.8 Å². The smallest absolute Gasteiger partial charge is 0.170 e. The van der Waals surface area contributed by atoms with Crippen LogP contribution in [0, 0.1) is 11.3 Å². The summed E-state index contributed by atoms with van der Waals surface area (Å²) in [5.74, 6) is 0.134. The van der Waals surface area contributed by atoms with Gasteiger partial charge in [-0.2, -0.15) is 5.26 Å². The van der Waals surface area contributed by atoms with Crippen molar-refractivity contribution in [2.45, 2.75) is 18.8 Å². The summed E-state index contributed by atoms with van der Waals surface area (Å²) in [5, 5.41) is 8.80. The van der Waals surface area contributed by atoms with Gasteiger partial charge in [-0.15, -0.1) is 0 Å². The first-order chi connectivity index (χ1) is 9.29. The molecule has 2 heteroatoms. The van der Waals surface area contributed by atoms with E-state index in [4.69, 9.17) is 5.26 Å². The largest absolute Gasteiger partial charge is 0.293 e. The minimum absolute atomic E-state index is 0.0670. The van der Waals surface area contributed by atoms with Crippen LogP contribution in [0.5, 0.6) is 0 Å². The molecule has 92 valence electrons. The van der Waals surface area contributed by atoms with Crippen molar-refractivity contribution in [1.82, 2.24) is 0 Å². The normalized spacial score (nSPS) is 17.6. The Morgan fingerprint density at radius 3 is 2.53 bits per heavy atom. The molecule has 0 aliphatic heterocycles. The van der Waals surface area contributed by atoms with Gasteiger partial charge in [-0.3, -0.25) is 4.79 Å². The molecule has 1 aliphatic carbocycles. The van der Waals surface area contributed by atoms with Crippen LogP contribution in [0.4, 0.5) is 0 Å². The second-order valence-electron chi connectivity index (χ2n) is 4.85. The van der Waals surface area contributed by atoms with Gasteiger partial charge in [-0.05, 0) is 36.1 Å². The molecule has 19 heavy (non-hydrogen) atoms. The van der Waals surface area contributed by atoms with Crippen LogP contribution in [0.1, 0.15) is 39.4 Å². The van der Waals surface area contributed by atoms with E-state index in [1.54, 1.807) is 12.1 Å². The number of carbonyl (C=O) groups is 1. The number of hydrogen-bond donors (Lipinski definition) is 0. The highest BCUT2D eigenvalue weighted by Crippen LogP contribution is 2.32. The molecule has 2 aromatic rings. The van der Waals surface area contributed by atoms with E-state index >= 15 is 0 Å². The number of hydrogen-bond acceptors (Lipinski definition) is 2. The fraction of sp³-hybridized carbons (Fsp3) is 0.176. The lowest BCUT2D eigenvalue weighted by Crippen LogP contribution is -2.20. The van der Waals surface area contributed by atoms with Gasteiger partial charge in [0.1, 0.15) is 0 Å². The molecule has 0 N–H and O–H groups in total. The number of rotatable bonds is 1. The molecular formula is C17H13NO. The Morgan fingerprint density at radius 1 is 1.05 bits per heavy atom. The van der Waals surface area contributed by atoms with Crippen LogP contribution in [0.2, 0.25) is 0 Å². The summed E-state index contributed by atoms with van der Waals surface area (Å²) in [5.41, 5.74) is 3.64. The quantitative estimate of drug-likeness (QED) is 0.774. The van der Waals surface area contributed by atoms with Gasteiger partial charge < -0.3 is 0 Å². The monoisotopic (exact) mass is 247 g/mol. The second-order valence-corrected chi connectivity index (χ2v) is 4.85. The molecule has 0 aromatic heterocycles. The van der Waals surface area contributed by atoms with Crippen LogP contribution in [0.3, 0.4) is 0 Å². The molecule has 0 saturated carbocycles. The molecule has 0 amide bonds. The minimum Gasteiger partial charge on any atom is -0.293 e. The number of carbonyl (C=O) groups excluding carboxylic acids is 1. The lowest BCUT2D eigenvalue weighted by atomic mass is 9.79. The zero-order valence-corrected chi connectivity index (χ0v) is 10.5. The number of nitriles is 1. The summed E-state index contributed by atoms with van der Waals surface area (Å²) in [6.45, 7) is 0. The van der Waals surface area contributed by atoms with Crippen molar-refractivity contribution in [1.29, 1.82) is 5.26 Å². The Bertz CT molecular complexity index is 664. The van der Waals surface area contributed by atoms with E-state index in [0.29, 0.717) is 5.56 Å². The van der Waals surface area contributed by atoms with Crippen molar-refractivity contribution in [3.8, 4) is 6.07 Å². The van der Waals surface area contributed by atoms with E-state index < -0.39 is 0 Å². The average molecular weight is 247 g/mol. The van der Waals surface area contributed by atoms with Crippen LogP contribution in [0.25, 0.3) is 0 Å². The maximum atomic E-state index is 12.5. The second kappa shape index (κ2) is 4.70. The van der Waals surface area contributed by atoms with Gasteiger partial charge >= 0.3 is 0 Å². The lowest BCUT2D eigenvalue weighted by Gasteiger charge is -2.23. The Kier molecular flexibility index (Phi) is 2.89. The van der Waals surface area contributed by atoms with E-state index in [1.165, 1.54) is 0 Å². The summed E-state index contributed by atoms with van der Waals surface area (Å²) in [6.07, 6.45) is 1.79. The molecule has 0 radical (unpaired) electrons. The summed E-state index contributed by atoms with van der Waals surface area (Å²) >= 11 is 0. The molecule has 0 unspecified atom stereocenters. The van der Waals surface area contributed by atoms with Gasteiger partial charge in [0.15, 0.2) is 5.78 Å². The summed E-state index contributed by atoms with van der Waals surface area (Å²) in [6, 6.07) is 17.3. The van der Waals surface area contributed by atoms with Crippen LogP contribution >= 0.6 is 0 Å². The van der Waals surface area contributed by atoms with Gasteiger partial charge in [0.05, 0.1) is 11.6 Å². The molecule has 0 spiro atoms. The zero-order valence-electron chi connectivity index (χ0n) is 10.5. The zero-order chi connectivity index (χ0) is 13.2. The molecule has 0 bridgehead atoms. The van der Waals surface area contributed by atoms with Crippen molar-refractivity contribution in [2.24, 2.45) is 0 Å². The molecule has 3 rings (SSSR count). The van der Waals surface area contributed by atoms with Crippen LogP contribution in [0.15, 0.2) is 48.5 Å². The Hall–Kier alpha value is -2.40. The van der Waals surface area contributed by atoms with Crippen molar-refractivity contribution >= 4 is 5.78 Å². The summed E-state index contributed by atoms with van der Waals surface area (Å²) in [7, 11) is 0. The van der Waals surface area contributed by atoms with Gasteiger partial charge in [0.25, 0.3) is 0 Å². The first-order valence-electron chi connectivity index (χ1n) is 6.42. The summed E-state index contributed by atoms with van der Waals surface area (Å²) in [4.78, 5) is 12.5. The SMILES string of the molecule is N#Cc1ccc([C@@H]2CCc3ccccc3C2=O)cc1. The Balaban J connectivity index is 1.95. The number of Topliss-reactive ketones (excluding diaryl/α,β-unsaturated/α-hetero) is 1. The predicted molar refractivity (Wildman–Crippen MR) is 73.0 cm³/mol. The number of fused-ring (bicyclic) bond motifs is 1. The lowest BCUT2D eigenvalue weighted by molar-refractivity contribution is 0.0946. The van der Waals surface area contributed by atoms with Gasteiger partial charge in [-0.1, -0.05) is 36.4 Å². The van der Waals surface area contributed by atoms with Crippen molar-refractivity contribution < 1.29 is 4.79 Å². The average Bonchev–Trinajstić information content (AvgIpc) is 2.48. The van der Waals surface area contributed by atoms with E-state index in [0.717, 1.165) is 29.5 Å². The third-order valence-corrected chi connectivity index (χ3v) is 3.74. The molecule has 2 nitrogen and oxygen atoms in total. The van der Waals surface area contributed by atoms with E-state index in [2.05, 4.69) is 6.07 Å². The fourth-order valence-electron chi connectivity index (χ4n) is 2.71. The molecule has 0 saturated heterocycles. The van der Waals surface area contributed by atoms with Gasteiger partial charge in [-0.25, -0.2) is 0 Å². The van der Waals surface area contributed by atoms with Crippen LogP contribution in [-0.2, 0) is 6.42 Å². The maximum absolute atomic E-state index is 12.5. The van der Waals surface area contributed by atoms with Gasteiger partial charge in [0.2, 0.25) is 0 Å². The number of benzene rings is 2. The fourth-order valence-corrected chi connectivity index (χ4v) is 2.71. The highest BCUT2D eigenvalue weighted by molar-refractivity contribution is 6.03. The summed E-state index contributed by atoms with van der Waals surface area (Å²) < 4.78 is 0. The predicted octanol–water partition coefficient (Wildman–Crippen LogP) is 3.47. The van der Waals surface area contributed by atoms with E-state index in [1.807, 2.05) is 36.4 Å². The topological polar surface area (TPSA) is 40.9 Å². The minimum atomic E-state index is -0.0670. The third-order valence-electron chi connectivity index (χ3n) is 3.74. The highest BCUT2D eigenvalue weighted by atomic mass is 16.1. The van der Waals surface area contributed by atoms with E-state index in [-0.39, 0.29) is 11.7 Å². The molecule has 2 aromatic carbocycles. The molecule has 0 fully saturated rings. The molecule has 0 heterocycles. The first kappa shape index (κ1) is 11.7. The Morgan fingerprint density at radius 2 is 1.79 bits per heavy atom. The standard InChI is InChI=1S/C17H13NO/c18-11-12-5-7-14(8-6-12)16-10-9-13-3-1-2-4-15(13)17(16)19/h1-8,16H,9-10H2/t16-/m0/s1. The van der Waals surface area contributed by atoms with Crippen LogP contribution in [-0.4, -0.2) is 5.78 Å². The van der Waals surface area contributed by atoms with Crippen molar-refractivity contribution in [2.75, 3.05) is 0 Å². The third kappa shape index (κ3) is 2.04. The number of nitrogens with zero attached hydrogens (tertiary/aromatic N) is 1. The first-order valence-corrected chi connectivity index (χ1v) is 6.42. The number of ketones is 1. The molecule has 1 atom stereocenters. The van der Waals surface area contributed by atoms with Crippen molar-refractivity contribution in [3.63, 3.8) is 0 Å². The van der Waals surface area contributed by atoms with Gasteiger partial charge in [0, 0.05) is 11.5 Å².